The molecule has 0 N–H and O–H groups in total. The van der Waals surface area contributed by atoms with Gasteiger partial charge in [-0.2, -0.15) is 0 Å². The van der Waals surface area contributed by atoms with Gasteiger partial charge in [-0.25, -0.2) is 0 Å². The molecule has 0 amide bonds. The maximum absolute atomic E-state index is 2.85. The lowest BCUT2D eigenvalue weighted by molar-refractivity contribution is 0.497. The predicted molar refractivity (Wildman–Crippen MR) is 75.7 cm³/mol. The van der Waals surface area contributed by atoms with Gasteiger partial charge in [-0.05, 0) is 30.6 Å². The van der Waals surface area contributed by atoms with Gasteiger partial charge < -0.3 is 4.57 Å². The first kappa shape index (κ1) is 13.5. The van der Waals surface area contributed by atoms with Gasteiger partial charge in [-0.1, -0.05) is 46.6 Å². The Labute approximate surface area is 98.3 Å². The zero-order chi connectivity index (χ0) is 11.9. The molecule has 1 rings (SSSR count). The smallest absolute Gasteiger partial charge is 0.125 e. The minimum absolute atomic E-state index is 0.602. The number of nitrogens with zero attached hydrogens (tertiary/aromatic N) is 1. The summed E-state index contributed by atoms with van der Waals surface area (Å²) < 4.78 is 3.45. The van der Waals surface area contributed by atoms with E-state index in [1.165, 1.54) is 25.9 Å². The molecule has 1 fully saturated rings. The first-order valence-corrected chi connectivity index (χ1v) is 12.8. The van der Waals surface area contributed by atoms with Crippen LogP contribution in [0.25, 0.3) is 0 Å². The molecule has 1 heterocycles. The fourth-order valence-electron chi connectivity index (χ4n) is 2.59. The highest BCUT2D eigenvalue weighted by atomic mass is 28.4. The molecule has 15 heavy (non-hydrogen) atoms. The van der Waals surface area contributed by atoms with Crippen molar-refractivity contribution in [3.05, 3.63) is 0 Å². The topological polar surface area (TPSA) is 3.24 Å². The molecule has 0 aromatic rings. The molecule has 0 aliphatic carbocycles. The van der Waals surface area contributed by atoms with E-state index in [9.17, 15) is 0 Å². The van der Waals surface area contributed by atoms with E-state index in [4.69, 9.17) is 0 Å². The lowest BCUT2D eigenvalue weighted by Gasteiger charge is -2.52. The number of hydrogen-bond acceptors (Lipinski definition) is 1. The van der Waals surface area contributed by atoms with Crippen LogP contribution in [-0.2, 0) is 0 Å². The molecular weight excluding hydrogens is 214 g/mol. The van der Waals surface area contributed by atoms with Gasteiger partial charge in [-0.3, -0.25) is 0 Å². The summed E-state index contributed by atoms with van der Waals surface area (Å²) in [6.07, 6.45) is 2.86. The van der Waals surface area contributed by atoms with Crippen molar-refractivity contribution in [1.82, 2.24) is 4.57 Å². The van der Waals surface area contributed by atoms with Crippen molar-refractivity contribution >= 4 is 16.3 Å². The first-order chi connectivity index (χ1) is 6.61. The quantitative estimate of drug-likeness (QED) is 0.679. The molecule has 0 spiro atoms. The summed E-state index contributed by atoms with van der Waals surface area (Å²) in [6, 6.07) is 0. The Morgan fingerprint density at radius 3 is 1.60 bits per heavy atom. The molecule has 0 saturated carbocycles. The highest BCUT2D eigenvalue weighted by Gasteiger charge is 2.51. The van der Waals surface area contributed by atoms with Crippen LogP contribution in [0.2, 0.25) is 37.4 Å². The highest BCUT2D eigenvalue weighted by Crippen LogP contribution is 2.47. The molecule has 1 saturated heterocycles. The Kier molecular flexibility index (Phi) is 3.59. The van der Waals surface area contributed by atoms with E-state index < -0.39 is 16.3 Å². The van der Waals surface area contributed by atoms with Crippen molar-refractivity contribution in [3.8, 4) is 0 Å². The van der Waals surface area contributed by atoms with Gasteiger partial charge in [0.25, 0.3) is 0 Å². The monoisotopic (exact) mass is 243 g/mol. The predicted octanol–water partition coefficient (Wildman–Crippen LogP) is 3.94. The summed E-state index contributed by atoms with van der Waals surface area (Å²) in [5, 5.41) is 0. The Hall–Kier alpha value is 0.394. The molecule has 1 aliphatic heterocycles. The molecule has 1 nitrogen and oxygen atoms in total. The van der Waals surface area contributed by atoms with Gasteiger partial charge in [-0.15, -0.1) is 0 Å². The van der Waals surface area contributed by atoms with E-state index in [2.05, 4.69) is 51.1 Å². The standard InChI is InChI=1S/C12H29NSi2/c1-12(2,14(3,4)5)15(6,7)13-10-8-9-11-13/h8-11H2,1-7H3. The molecule has 3 heteroatoms. The maximum atomic E-state index is 2.85. The maximum Gasteiger partial charge on any atom is 0.125 e. The van der Waals surface area contributed by atoms with Crippen molar-refractivity contribution in [3.63, 3.8) is 0 Å². The largest absolute Gasteiger partial charge is 0.323 e. The van der Waals surface area contributed by atoms with Crippen LogP contribution in [0.4, 0.5) is 0 Å². The second kappa shape index (κ2) is 4.00. The molecule has 0 atom stereocenters. The zero-order valence-electron chi connectivity index (χ0n) is 11.8. The fourth-order valence-corrected chi connectivity index (χ4v) is 12.6. The molecule has 0 unspecified atom stereocenters. The van der Waals surface area contributed by atoms with Crippen LogP contribution in [0.5, 0.6) is 0 Å². The average Bonchev–Trinajstić information content (AvgIpc) is 2.53. The molecule has 0 radical (unpaired) electrons. The van der Waals surface area contributed by atoms with Crippen LogP contribution in [0.15, 0.2) is 0 Å². The molecule has 1 aliphatic rings. The van der Waals surface area contributed by atoms with Crippen molar-refractivity contribution in [2.24, 2.45) is 0 Å². The van der Waals surface area contributed by atoms with Crippen molar-refractivity contribution in [1.29, 1.82) is 0 Å². The van der Waals surface area contributed by atoms with Crippen LogP contribution in [0.3, 0.4) is 0 Å². The summed E-state index contributed by atoms with van der Waals surface area (Å²) in [5.74, 6) is 0. The van der Waals surface area contributed by atoms with Gasteiger partial charge in [0.1, 0.15) is 8.24 Å². The SMILES string of the molecule is CC(C)([Si](C)(C)C)[Si](C)(C)N1CCCC1. The third kappa shape index (κ3) is 2.24. The minimum atomic E-state index is -1.24. The van der Waals surface area contributed by atoms with E-state index in [-0.39, 0.29) is 0 Å². The Morgan fingerprint density at radius 2 is 1.27 bits per heavy atom. The van der Waals surface area contributed by atoms with E-state index in [0.29, 0.717) is 4.66 Å². The highest BCUT2D eigenvalue weighted by molar-refractivity contribution is 6.97. The fraction of sp³-hybridized carbons (Fsp3) is 1.00. The van der Waals surface area contributed by atoms with E-state index in [0.717, 1.165) is 0 Å². The summed E-state index contributed by atoms with van der Waals surface area (Å²) >= 11 is 0. The summed E-state index contributed by atoms with van der Waals surface area (Å²) in [5.41, 5.74) is 0. The van der Waals surface area contributed by atoms with E-state index >= 15 is 0 Å². The lowest BCUT2D eigenvalue weighted by Crippen LogP contribution is -2.61. The van der Waals surface area contributed by atoms with E-state index in [1.54, 1.807) is 0 Å². The van der Waals surface area contributed by atoms with Crippen molar-refractivity contribution < 1.29 is 0 Å². The normalized spacial score (nSPS) is 21.0. The minimum Gasteiger partial charge on any atom is -0.323 e. The Balaban J connectivity index is 2.92. The van der Waals surface area contributed by atoms with Crippen LogP contribution in [-0.4, -0.2) is 34.0 Å². The van der Waals surface area contributed by atoms with Gasteiger partial charge in [0.05, 0.1) is 0 Å². The van der Waals surface area contributed by atoms with Crippen LogP contribution >= 0.6 is 0 Å². The second-order valence-corrected chi connectivity index (χ2v) is 18.4. The molecule has 90 valence electrons. The Morgan fingerprint density at radius 1 is 0.867 bits per heavy atom. The van der Waals surface area contributed by atoms with Crippen molar-refractivity contribution in [2.45, 2.75) is 64.1 Å². The van der Waals surface area contributed by atoms with Gasteiger partial charge >= 0.3 is 0 Å². The molecule has 0 bridgehead atoms. The number of rotatable bonds is 3. The van der Waals surface area contributed by atoms with E-state index in [1.807, 2.05) is 0 Å². The third-order valence-electron chi connectivity index (χ3n) is 5.30. The summed E-state index contributed by atoms with van der Waals surface area (Å²) in [4.78, 5) is 0. The number of hydrogen-bond donors (Lipinski definition) is 0. The lowest BCUT2D eigenvalue weighted by atomic mass is 10.4. The average molecular weight is 244 g/mol. The van der Waals surface area contributed by atoms with Crippen molar-refractivity contribution in [2.75, 3.05) is 13.1 Å². The zero-order valence-corrected chi connectivity index (χ0v) is 13.8. The van der Waals surface area contributed by atoms with Crippen LogP contribution in [0, 0.1) is 0 Å². The molecular formula is C12H29NSi2. The molecule has 0 aromatic carbocycles. The van der Waals surface area contributed by atoms with Gasteiger partial charge in [0.2, 0.25) is 0 Å². The summed E-state index contributed by atoms with van der Waals surface area (Å²) in [6.45, 7) is 20.6. The third-order valence-corrected chi connectivity index (χ3v) is 18.2. The molecule has 0 aromatic heterocycles. The van der Waals surface area contributed by atoms with Crippen LogP contribution < -0.4 is 0 Å². The Bertz CT molecular complexity index is 222. The summed E-state index contributed by atoms with van der Waals surface area (Å²) in [7, 11) is -2.31. The van der Waals surface area contributed by atoms with Crippen LogP contribution in [0.1, 0.15) is 26.7 Å². The van der Waals surface area contributed by atoms with Gasteiger partial charge in [0.15, 0.2) is 0 Å². The second-order valence-electron chi connectivity index (χ2n) is 7.13. The van der Waals surface area contributed by atoms with Gasteiger partial charge in [0, 0.05) is 8.07 Å². The first-order valence-electron chi connectivity index (χ1n) is 6.36.